The van der Waals surface area contributed by atoms with Crippen molar-refractivity contribution in [3.05, 3.63) is 41.0 Å². The average Bonchev–Trinajstić information content (AvgIpc) is 3.16. The minimum atomic E-state index is -1.02. The van der Waals surface area contributed by atoms with E-state index in [1.807, 2.05) is 19.1 Å². The van der Waals surface area contributed by atoms with Crippen LogP contribution in [-0.2, 0) is 9.53 Å². The summed E-state index contributed by atoms with van der Waals surface area (Å²) in [4.78, 5) is 27.0. The van der Waals surface area contributed by atoms with Gasteiger partial charge in [0.25, 0.3) is 5.91 Å². The highest BCUT2D eigenvalue weighted by Crippen LogP contribution is 2.27. The molecule has 2 N–H and O–H groups in total. The molecule has 1 aromatic heterocycles. The topological polar surface area (TPSA) is 96.7 Å². The molecule has 0 spiro atoms. The molecule has 0 fully saturated rings. The van der Waals surface area contributed by atoms with Crippen LogP contribution >= 0.6 is 11.6 Å². The second kappa shape index (κ2) is 9.80. The highest BCUT2D eigenvalue weighted by molar-refractivity contribution is 6.30. The minimum absolute atomic E-state index is 0.0966. The van der Waals surface area contributed by atoms with E-state index in [0.717, 1.165) is 12.0 Å². The number of rotatable bonds is 9. The van der Waals surface area contributed by atoms with Gasteiger partial charge < -0.3 is 20.1 Å². The van der Waals surface area contributed by atoms with Crippen molar-refractivity contribution in [2.45, 2.75) is 38.8 Å². The van der Waals surface area contributed by atoms with E-state index in [9.17, 15) is 14.7 Å². The van der Waals surface area contributed by atoms with Gasteiger partial charge in [0, 0.05) is 30.3 Å². The van der Waals surface area contributed by atoms with E-state index in [0.29, 0.717) is 36.2 Å². The number of hydrogen-bond acceptors (Lipinski definition) is 5. The fourth-order valence-corrected chi connectivity index (χ4v) is 3.46. The third-order valence-electron chi connectivity index (χ3n) is 4.87. The van der Waals surface area contributed by atoms with E-state index in [1.54, 1.807) is 36.7 Å². The molecule has 1 aromatic carbocycles. The molecule has 1 atom stereocenters. The van der Waals surface area contributed by atoms with E-state index < -0.39 is 5.60 Å². The Bertz CT molecular complexity index is 921. The van der Waals surface area contributed by atoms with Crippen LogP contribution in [0.5, 0.6) is 0 Å². The van der Waals surface area contributed by atoms with Crippen molar-refractivity contribution < 1.29 is 19.4 Å². The highest BCUT2D eigenvalue weighted by Gasteiger charge is 2.34. The third kappa shape index (κ3) is 6.06. The van der Waals surface area contributed by atoms with Gasteiger partial charge in [0.05, 0.1) is 30.5 Å². The van der Waals surface area contributed by atoms with Gasteiger partial charge in [0.1, 0.15) is 5.69 Å². The first-order valence-electron chi connectivity index (χ1n) is 10.4. The van der Waals surface area contributed by atoms with Gasteiger partial charge >= 0.3 is 0 Å². The third-order valence-corrected chi connectivity index (χ3v) is 5.12. The van der Waals surface area contributed by atoms with Crippen molar-refractivity contribution in [3.63, 3.8) is 0 Å². The summed E-state index contributed by atoms with van der Waals surface area (Å²) in [5.74, 6) is -0.590. The fourth-order valence-electron chi connectivity index (χ4n) is 3.34. The Morgan fingerprint density at radius 3 is 2.71 bits per heavy atom. The number of halogens is 1. The van der Waals surface area contributed by atoms with Gasteiger partial charge in [-0.15, -0.1) is 0 Å². The van der Waals surface area contributed by atoms with Gasteiger partial charge in [-0.05, 0) is 38.5 Å². The molecule has 0 bridgehead atoms. The molecule has 0 saturated carbocycles. The van der Waals surface area contributed by atoms with E-state index in [1.165, 1.54) is 4.90 Å². The zero-order chi connectivity index (χ0) is 22.6. The summed E-state index contributed by atoms with van der Waals surface area (Å²) >= 11 is 5.98. The van der Waals surface area contributed by atoms with Crippen molar-refractivity contribution in [2.24, 2.45) is 0 Å². The van der Waals surface area contributed by atoms with Gasteiger partial charge in [-0.25, -0.2) is 0 Å². The maximum Gasteiger partial charge on any atom is 0.272 e. The normalized spacial score (nSPS) is 16.4. The Balaban J connectivity index is 1.82. The molecule has 2 heterocycles. The summed E-state index contributed by atoms with van der Waals surface area (Å²) in [7, 11) is 0. The molecule has 168 valence electrons. The number of hydrogen-bond donors (Lipinski definition) is 2. The zero-order valence-corrected chi connectivity index (χ0v) is 18.9. The van der Waals surface area contributed by atoms with Crippen molar-refractivity contribution in [2.75, 3.05) is 32.8 Å². The molecule has 31 heavy (non-hydrogen) atoms. The summed E-state index contributed by atoms with van der Waals surface area (Å²) in [5, 5.41) is 17.8. The van der Waals surface area contributed by atoms with Gasteiger partial charge in [-0.3, -0.25) is 14.3 Å². The highest BCUT2D eigenvalue weighted by atomic mass is 35.5. The number of aromatic nitrogens is 2. The first kappa shape index (κ1) is 23.2. The molecule has 9 heteroatoms. The summed E-state index contributed by atoms with van der Waals surface area (Å²) in [6, 6.07) is 8.79. The number of carbonyl (C=O) groups excluding carboxylic acids is 2. The lowest BCUT2D eigenvalue weighted by Gasteiger charge is -2.33. The van der Waals surface area contributed by atoms with E-state index in [2.05, 4.69) is 10.4 Å². The summed E-state index contributed by atoms with van der Waals surface area (Å²) in [6.45, 7) is 6.56. The minimum Gasteiger partial charge on any atom is -0.389 e. The Labute approximate surface area is 187 Å². The van der Waals surface area contributed by atoms with Crippen LogP contribution in [-0.4, -0.2) is 70.1 Å². The number of nitrogens with zero attached hydrogens (tertiary/aromatic N) is 3. The van der Waals surface area contributed by atoms with Crippen LogP contribution in [0, 0.1) is 0 Å². The number of nitrogens with one attached hydrogen (secondary N) is 1. The van der Waals surface area contributed by atoms with Crippen molar-refractivity contribution >= 4 is 23.4 Å². The molecule has 0 saturated heterocycles. The second-order valence-electron chi connectivity index (χ2n) is 8.37. The van der Waals surface area contributed by atoms with Crippen LogP contribution in [0.4, 0.5) is 0 Å². The lowest BCUT2D eigenvalue weighted by Crippen LogP contribution is -2.50. The van der Waals surface area contributed by atoms with E-state index >= 15 is 0 Å². The average molecular weight is 449 g/mol. The number of ether oxygens (including phenoxy) is 1. The number of benzene rings is 1. The first-order chi connectivity index (χ1) is 14.7. The van der Waals surface area contributed by atoms with Gasteiger partial charge in [-0.1, -0.05) is 30.7 Å². The monoisotopic (exact) mass is 448 g/mol. The molecule has 2 amide bonds. The lowest BCUT2D eigenvalue weighted by atomic mass is 10.1. The molecular weight excluding hydrogens is 420 g/mol. The summed E-state index contributed by atoms with van der Waals surface area (Å²) in [5.41, 5.74) is 0.900. The Morgan fingerprint density at radius 2 is 2.06 bits per heavy atom. The number of carbonyl (C=O) groups is 2. The molecule has 8 nitrogen and oxygen atoms in total. The summed E-state index contributed by atoms with van der Waals surface area (Å²) < 4.78 is 7.44. The standard InChI is InChI=1S/C22H29ClN4O4/c1-4-9-31-13-17-11-26(12-20(28)24-14-22(2,3)30)21(29)19-10-18(25-27(17)19)15-5-7-16(23)8-6-15/h5-8,10,17,30H,4,9,11-14H2,1-3H3,(H,24,28). The molecule has 2 aromatic rings. The molecule has 1 aliphatic heterocycles. The number of amides is 2. The molecule has 0 aliphatic carbocycles. The fraction of sp³-hybridized carbons (Fsp3) is 0.500. The molecule has 3 rings (SSSR count). The maximum atomic E-state index is 13.1. The van der Waals surface area contributed by atoms with E-state index in [-0.39, 0.29) is 30.9 Å². The van der Waals surface area contributed by atoms with Gasteiger partial charge in [-0.2, -0.15) is 5.10 Å². The SMILES string of the molecule is CCCOCC1CN(CC(=O)NCC(C)(C)O)C(=O)c2cc(-c3ccc(Cl)cc3)nn21. The van der Waals surface area contributed by atoms with Gasteiger partial charge in [0.15, 0.2) is 0 Å². The molecule has 1 unspecified atom stereocenters. The Kier molecular flexibility index (Phi) is 7.35. The number of aliphatic hydroxyl groups is 1. The largest absolute Gasteiger partial charge is 0.389 e. The van der Waals surface area contributed by atoms with Crippen molar-refractivity contribution in [1.29, 1.82) is 0 Å². The Morgan fingerprint density at radius 1 is 1.35 bits per heavy atom. The first-order valence-corrected chi connectivity index (χ1v) is 10.8. The van der Waals surface area contributed by atoms with Gasteiger partial charge in [0.2, 0.25) is 5.91 Å². The molecule has 1 aliphatic rings. The van der Waals surface area contributed by atoms with E-state index in [4.69, 9.17) is 16.3 Å². The molecular formula is C22H29ClN4O4. The predicted molar refractivity (Wildman–Crippen MR) is 118 cm³/mol. The van der Waals surface area contributed by atoms with Crippen LogP contribution < -0.4 is 5.32 Å². The van der Waals surface area contributed by atoms with Crippen LogP contribution in [0.25, 0.3) is 11.3 Å². The van der Waals surface area contributed by atoms with Crippen LogP contribution in [0.15, 0.2) is 30.3 Å². The quantitative estimate of drug-likeness (QED) is 0.574. The smallest absolute Gasteiger partial charge is 0.272 e. The zero-order valence-electron chi connectivity index (χ0n) is 18.1. The maximum absolute atomic E-state index is 13.1. The Hall–Kier alpha value is -2.42. The van der Waals surface area contributed by atoms with Crippen LogP contribution in [0.2, 0.25) is 5.02 Å². The van der Waals surface area contributed by atoms with Crippen LogP contribution in [0.1, 0.15) is 43.7 Å². The molecule has 0 radical (unpaired) electrons. The van der Waals surface area contributed by atoms with Crippen molar-refractivity contribution in [1.82, 2.24) is 20.0 Å². The summed E-state index contributed by atoms with van der Waals surface area (Å²) in [6.07, 6.45) is 0.886. The second-order valence-corrected chi connectivity index (χ2v) is 8.81. The number of fused-ring (bicyclic) bond motifs is 1. The van der Waals surface area contributed by atoms with Crippen LogP contribution in [0.3, 0.4) is 0 Å². The predicted octanol–water partition coefficient (Wildman–Crippen LogP) is 2.51. The van der Waals surface area contributed by atoms with Crippen molar-refractivity contribution in [3.8, 4) is 11.3 Å². The lowest BCUT2D eigenvalue weighted by molar-refractivity contribution is -0.123.